The Labute approximate surface area is 69.8 Å². The second-order valence-electron chi connectivity index (χ2n) is 2.26. The minimum absolute atomic E-state index is 0.125. The summed E-state index contributed by atoms with van der Waals surface area (Å²) in [4.78, 5) is 12.0. The highest BCUT2D eigenvalue weighted by atomic mass is 32.1. The van der Waals surface area contributed by atoms with Crippen LogP contribution in [0.15, 0.2) is 17.5 Å². The van der Waals surface area contributed by atoms with Crippen LogP contribution in [-0.2, 0) is 9.53 Å². The van der Waals surface area contributed by atoms with E-state index in [4.69, 9.17) is 0 Å². The molecule has 1 unspecified atom stereocenters. The highest BCUT2D eigenvalue weighted by Crippen LogP contribution is 2.21. The Morgan fingerprint density at radius 1 is 1.73 bits per heavy atom. The fourth-order valence-electron chi connectivity index (χ4n) is 0.831. The standard InChI is InChI=1S/C8H10O2S/c1-6(8(9)10-2)7-4-3-5-11-7/h3-6H,1-2H3. The van der Waals surface area contributed by atoms with E-state index in [1.807, 2.05) is 24.4 Å². The lowest BCUT2D eigenvalue weighted by Crippen LogP contribution is -2.08. The normalized spacial score (nSPS) is 12.5. The number of hydrogen-bond donors (Lipinski definition) is 0. The van der Waals surface area contributed by atoms with Gasteiger partial charge in [0.25, 0.3) is 0 Å². The molecule has 0 N–H and O–H groups in total. The molecule has 1 heterocycles. The molecule has 1 atom stereocenters. The van der Waals surface area contributed by atoms with Crippen molar-refractivity contribution < 1.29 is 9.53 Å². The summed E-state index contributed by atoms with van der Waals surface area (Å²) in [6.07, 6.45) is 0. The maximum Gasteiger partial charge on any atom is 0.313 e. The average Bonchev–Trinajstić information content (AvgIpc) is 2.53. The smallest absolute Gasteiger partial charge is 0.313 e. The minimum Gasteiger partial charge on any atom is -0.469 e. The molecule has 1 aromatic heterocycles. The number of methoxy groups -OCH3 is 1. The zero-order valence-electron chi connectivity index (χ0n) is 6.53. The summed E-state index contributed by atoms with van der Waals surface area (Å²) in [6, 6.07) is 3.87. The molecule has 0 aliphatic rings. The third kappa shape index (κ3) is 1.80. The third-order valence-corrected chi connectivity index (χ3v) is 2.58. The van der Waals surface area contributed by atoms with E-state index in [1.165, 1.54) is 7.11 Å². The van der Waals surface area contributed by atoms with Crippen LogP contribution in [0.5, 0.6) is 0 Å². The highest BCUT2D eigenvalue weighted by Gasteiger charge is 2.15. The molecule has 0 aromatic carbocycles. The Balaban J connectivity index is 2.70. The number of ether oxygens (including phenoxy) is 1. The molecule has 1 aromatic rings. The van der Waals surface area contributed by atoms with Gasteiger partial charge in [0.05, 0.1) is 13.0 Å². The van der Waals surface area contributed by atoms with E-state index in [-0.39, 0.29) is 11.9 Å². The fraction of sp³-hybridized carbons (Fsp3) is 0.375. The van der Waals surface area contributed by atoms with Gasteiger partial charge in [-0.1, -0.05) is 6.07 Å². The third-order valence-electron chi connectivity index (χ3n) is 1.52. The van der Waals surface area contributed by atoms with Crippen molar-refractivity contribution in [2.45, 2.75) is 12.8 Å². The molecule has 1 rings (SSSR count). The maximum atomic E-state index is 11.0. The van der Waals surface area contributed by atoms with Crippen LogP contribution in [0.25, 0.3) is 0 Å². The van der Waals surface area contributed by atoms with Crippen molar-refractivity contribution in [2.24, 2.45) is 0 Å². The molecule has 2 nitrogen and oxygen atoms in total. The van der Waals surface area contributed by atoms with Gasteiger partial charge in [0, 0.05) is 4.88 Å². The molecule has 60 valence electrons. The van der Waals surface area contributed by atoms with Crippen molar-refractivity contribution in [3.63, 3.8) is 0 Å². The number of esters is 1. The van der Waals surface area contributed by atoms with Crippen LogP contribution in [0, 0.1) is 0 Å². The van der Waals surface area contributed by atoms with E-state index < -0.39 is 0 Å². The van der Waals surface area contributed by atoms with Gasteiger partial charge in [-0.15, -0.1) is 11.3 Å². The van der Waals surface area contributed by atoms with E-state index in [2.05, 4.69) is 4.74 Å². The zero-order chi connectivity index (χ0) is 8.27. The fourth-order valence-corrected chi connectivity index (χ4v) is 1.60. The first kappa shape index (κ1) is 8.27. The number of rotatable bonds is 2. The van der Waals surface area contributed by atoms with E-state index in [9.17, 15) is 4.79 Å². The van der Waals surface area contributed by atoms with Crippen LogP contribution < -0.4 is 0 Å². The molecule has 0 aliphatic heterocycles. The molecular formula is C8H10O2S. The van der Waals surface area contributed by atoms with E-state index in [1.54, 1.807) is 11.3 Å². The monoisotopic (exact) mass is 170 g/mol. The Hall–Kier alpha value is -0.830. The largest absolute Gasteiger partial charge is 0.469 e. The van der Waals surface area contributed by atoms with Gasteiger partial charge in [0.2, 0.25) is 0 Å². The van der Waals surface area contributed by atoms with Gasteiger partial charge in [-0.3, -0.25) is 4.79 Å². The van der Waals surface area contributed by atoms with Gasteiger partial charge in [0.1, 0.15) is 0 Å². The van der Waals surface area contributed by atoms with Crippen LogP contribution in [-0.4, -0.2) is 13.1 Å². The highest BCUT2D eigenvalue weighted by molar-refractivity contribution is 7.10. The molecule has 0 aliphatic carbocycles. The van der Waals surface area contributed by atoms with Crippen LogP contribution in [0.2, 0.25) is 0 Å². The van der Waals surface area contributed by atoms with E-state index in [0.29, 0.717) is 0 Å². The van der Waals surface area contributed by atoms with Crippen molar-refractivity contribution >= 4 is 17.3 Å². The lowest BCUT2D eigenvalue weighted by Gasteiger charge is -2.04. The van der Waals surface area contributed by atoms with Gasteiger partial charge in [-0.2, -0.15) is 0 Å². The first-order chi connectivity index (χ1) is 5.25. The molecule has 0 spiro atoms. The summed E-state index contributed by atoms with van der Waals surface area (Å²) in [6.45, 7) is 1.84. The van der Waals surface area contributed by atoms with Crippen molar-refractivity contribution in [1.29, 1.82) is 0 Å². The summed E-state index contributed by atoms with van der Waals surface area (Å²) in [5.74, 6) is -0.299. The molecule has 0 saturated heterocycles. The van der Waals surface area contributed by atoms with Crippen molar-refractivity contribution in [3.8, 4) is 0 Å². The van der Waals surface area contributed by atoms with Crippen molar-refractivity contribution in [1.82, 2.24) is 0 Å². The second-order valence-corrected chi connectivity index (χ2v) is 3.24. The Morgan fingerprint density at radius 3 is 2.91 bits per heavy atom. The van der Waals surface area contributed by atoms with Crippen molar-refractivity contribution in [2.75, 3.05) is 7.11 Å². The Morgan fingerprint density at radius 2 is 2.45 bits per heavy atom. The molecule has 11 heavy (non-hydrogen) atoms. The summed E-state index contributed by atoms with van der Waals surface area (Å²) >= 11 is 1.57. The van der Waals surface area contributed by atoms with Crippen LogP contribution in [0.1, 0.15) is 17.7 Å². The molecule has 0 bridgehead atoms. The lowest BCUT2D eigenvalue weighted by atomic mass is 10.1. The molecule has 0 amide bonds. The quantitative estimate of drug-likeness (QED) is 0.635. The number of hydrogen-bond acceptors (Lipinski definition) is 3. The van der Waals surface area contributed by atoms with Gasteiger partial charge < -0.3 is 4.74 Å². The first-order valence-corrected chi connectivity index (χ1v) is 4.25. The summed E-state index contributed by atoms with van der Waals surface area (Å²) in [5.41, 5.74) is 0. The second kappa shape index (κ2) is 3.53. The van der Waals surface area contributed by atoms with Crippen LogP contribution in [0.3, 0.4) is 0 Å². The molecule has 0 fully saturated rings. The maximum absolute atomic E-state index is 11.0. The first-order valence-electron chi connectivity index (χ1n) is 3.37. The van der Waals surface area contributed by atoms with Crippen LogP contribution in [0.4, 0.5) is 0 Å². The van der Waals surface area contributed by atoms with Gasteiger partial charge in [-0.25, -0.2) is 0 Å². The van der Waals surface area contributed by atoms with E-state index in [0.717, 1.165) is 4.88 Å². The average molecular weight is 170 g/mol. The molecule has 3 heteroatoms. The topological polar surface area (TPSA) is 26.3 Å². The lowest BCUT2D eigenvalue weighted by molar-refractivity contribution is -0.141. The molecular weight excluding hydrogens is 160 g/mol. The number of thiophene rings is 1. The van der Waals surface area contributed by atoms with Gasteiger partial charge in [0.15, 0.2) is 0 Å². The molecule has 0 radical (unpaired) electrons. The predicted octanol–water partition coefficient (Wildman–Crippen LogP) is 2.02. The Kier molecular flexibility index (Phi) is 2.65. The number of carbonyl (C=O) groups excluding carboxylic acids is 1. The summed E-state index contributed by atoms with van der Waals surface area (Å²) in [5, 5.41) is 1.95. The van der Waals surface area contributed by atoms with E-state index >= 15 is 0 Å². The minimum atomic E-state index is -0.174. The molecule has 0 saturated carbocycles. The predicted molar refractivity (Wildman–Crippen MR) is 44.8 cm³/mol. The number of carbonyl (C=O) groups is 1. The Bertz CT molecular complexity index is 228. The van der Waals surface area contributed by atoms with Crippen LogP contribution >= 0.6 is 11.3 Å². The SMILES string of the molecule is COC(=O)C(C)c1cccs1. The van der Waals surface area contributed by atoms with Crippen molar-refractivity contribution in [3.05, 3.63) is 22.4 Å². The van der Waals surface area contributed by atoms with Gasteiger partial charge >= 0.3 is 5.97 Å². The zero-order valence-corrected chi connectivity index (χ0v) is 7.35. The summed E-state index contributed by atoms with van der Waals surface area (Å²) < 4.78 is 4.60. The van der Waals surface area contributed by atoms with Gasteiger partial charge in [-0.05, 0) is 18.4 Å². The summed E-state index contributed by atoms with van der Waals surface area (Å²) in [7, 11) is 1.41.